The molecular weight excluding hydrogens is 1180 g/mol. The summed E-state index contributed by atoms with van der Waals surface area (Å²) in [4.78, 5) is 40.4. The Bertz CT molecular complexity index is 5210. The Morgan fingerprint density at radius 2 is 0.438 bits per heavy atom. The molecule has 11 aromatic heterocycles. The molecule has 8 bridgehead atoms. The van der Waals surface area contributed by atoms with Crippen LogP contribution in [-0.4, -0.2) is 39.9 Å². The fourth-order valence-electron chi connectivity index (χ4n) is 13.0. The van der Waals surface area contributed by atoms with Gasteiger partial charge in [0.05, 0.1) is 0 Å². The summed E-state index contributed by atoms with van der Waals surface area (Å²) in [5.74, 6) is 2.12. The molecule has 13 heterocycles. The van der Waals surface area contributed by atoms with Crippen LogP contribution in [0.5, 0.6) is 0 Å². The first kappa shape index (κ1) is 57.3. The van der Waals surface area contributed by atoms with Gasteiger partial charge in [-0.1, -0.05) is 48.5 Å². The van der Waals surface area contributed by atoms with E-state index in [2.05, 4.69) is 316 Å². The smallest absolute Gasteiger partial charge is 0.206 e. The number of hydrogen-bond donors (Lipinski definition) is 2. The van der Waals surface area contributed by atoms with Crippen molar-refractivity contribution in [2.75, 3.05) is 0 Å². The second-order valence-corrected chi connectivity index (χ2v) is 24.4. The molecule has 17 rings (SSSR count). The molecule has 15 aromatic rings. The van der Waals surface area contributed by atoms with Gasteiger partial charge in [-0.25, -0.2) is 29.9 Å². The van der Waals surface area contributed by atoms with E-state index in [4.69, 9.17) is 29.9 Å². The first-order valence-electron chi connectivity index (χ1n) is 32.6. The quantitative estimate of drug-likeness (QED) is 0.0924. The summed E-state index contributed by atoms with van der Waals surface area (Å²) in [6.45, 7) is 6.79. The first-order chi connectivity index (χ1) is 47.5. The van der Waals surface area contributed by atoms with Gasteiger partial charge in [0.15, 0.2) is 122 Å². The maximum atomic E-state index is 5.53. The average Bonchev–Trinajstić information content (AvgIpc) is 1.61. The second-order valence-electron chi connectivity index (χ2n) is 24.4. The average molecular weight is 1250 g/mol. The molecular formula is C80H66N16+8. The Hall–Kier alpha value is -12.6. The van der Waals surface area contributed by atoms with Crippen LogP contribution in [0.15, 0.2) is 293 Å². The first-order valence-corrected chi connectivity index (χ1v) is 32.6. The molecule has 0 aliphatic carbocycles. The van der Waals surface area contributed by atoms with Gasteiger partial charge in [0, 0.05) is 141 Å². The third kappa shape index (κ3) is 11.8. The van der Waals surface area contributed by atoms with Gasteiger partial charge in [0.1, 0.15) is 22.6 Å². The van der Waals surface area contributed by atoms with Crippen LogP contribution in [0.25, 0.3) is 134 Å². The molecule has 458 valence electrons. The highest BCUT2D eigenvalue weighted by atomic mass is 15.1. The molecule has 0 fully saturated rings. The number of rotatable bonds is 16. The van der Waals surface area contributed by atoms with Gasteiger partial charge in [0.2, 0.25) is 52.4 Å². The van der Waals surface area contributed by atoms with Crippen molar-refractivity contribution in [2.45, 2.75) is 52.4 Å². The van der Waals surface area contributed by atoms with E-state index in [0.29, 0.717) is 45.9 Å². The minimum absolute atomic E-state index is 0.529. The molecule has 0 saturated heterocycles. The third-order valence-corrected chi connectivity index (χ3v) is 18.3. The van der Waals surface area contributed by atoms with Gasteiger partial charge < -0.3 is 9.97 Å². The third-order valence-electron chi connectivity index (χ3n) is 18.3. The van der Waals surface area contributed by atoms with E-state index in [1.165, 1.54) is 0 Å². The van der Waals surface area contributed by atoms with E-state index in [9.17, 15) is 0 Å². The molecule has 96 heavy (non-hydrogen) atoms. The molecule has 0 saturated carbocycles. The zero-order valence-electron chi connectivity index (χ0n) is 52.6. The SMILES string of the molecule is c1cc[n+](CC[n+]2ccc(-c3ccc4c(c3)-c3nc-4nc4[nH]c(nc5nc(nc6[nH]c(n3)c3ccc(-c7cc[n+](CC[n+]8ccccc8)cc7)cc63)-c3ccc(-c6cc[n+](CC[n+]7ccccc7)cc6)cc3-5)c3ccc(-c5cc[n+](CC[n+]6ccccc6)cc5)cc43)cc2)cc1. The van der Waals surface area contributed by atoms with E-state index in [0.717, 1.165) is 141 Å². The Labute approximate surface area is 553 Å². The number of nitrogens with zero attached hydrogens (tertiary/aromatic N) is 14. The van der Waals surface area contributed by atoms with Gasteiger partial charge in [-0.2, -0.15) is 36.5 Å². The lowest BCUT2D eigenvalue weighted by Crippen LogP contribution is -2.43. The minimum atomic E-state index is 0.529. The Morgan fingerprint density at radius 3 is 0.729 bits per heavy atom. The van der Waals surface area contributed by atoms with Gasteiger partial charge in [0.25, 0.3) is 0 Å². The van der Waals surface area contributed by atoms with Crippen molar-refractivity contribution in [1.82, 2.24) is 39.9 Å². The van der Waals surface area contributed by atoms with Crippen LogP contribution in [0.3, 0.4) is 0 Å². The number of fused-ring (bicyclic) bond motifs is 20. The number of aryl methyl sites for hydroxylation is 8. The second kappa shape index (κ2) is 25.2. The summed E-state index contributed by atoms with van der Waals surface area (Å²) >= 11 is 0. The predicted molar refractivity (Wildman–Crippen MR) is 365 cm³/mol. The number of aromatic nitrogens is 16. The zero-order valence-corrected chi connectivity index (χ0v) is 52.6. The van der Waals surface area contributed by atoms with Crippen molar-refractivity contribution in [3.8, 4) is 90.1 Å². The summed E-state index contributed by atoms with van der Waals surface area (Å²) < 4.78 is 17.7. The van der Waals surface area contributed by atoms with Crippen molar-refractivity contribution in [2.24, 2.45) is 0 Å². The Kier molecular flexibility index (Phi) is 15.0. The van der Waals surface area contributed by atoms with Crippen molar-refractivity contribution < 1.29 is 36.5 Å². The van der Waals surface area contributed by atoms with Crippen molar-refractivity contribution in [3.05, 3.63) is 293 Å². The van der Waals surface area contributed by atoms with E-state index in [1.54, 1.807) is 0 Å². The molecule has 0 atom stereocenters. The van der Waals surface area contributed by atoms with E-state index >= 15 is 0 Å². The van der Waals surface area contributed by atoms with Crippen LogP contribution in [0, 0.1) is 0 Å². The minimum Gasteiger partial charge on any atom is -0.324 e. The maximum Gasteiger partial charge on any atom is 0.206 e. The highest BCUT2D eigenvalue weighted by Gasteiger charge is 2.25. The topological polar surface area (TPSA) is 140 Å². The highest BCUT2D eigenvalue weighted by Crippen LogP contribution is 2.41. The molecule has 0 spiro atoms. The number of H-pyrrole nitrogens is 2. The van der Waals surface area contributed by atoms with E-state index < -0.39 is 0 Å². The predicted octanol–water partition coefficient (Wildman–Crippen LogP) is 10.6. The molecule has 2 aliphatic heterocycles. The van der Waals surface area contributed by atoms with E-state index in [-0.39, 0.29) is 0 Å². The molecule has 16 heteroatoms. The van der Waals surface area contributed by atoms with Crippen LogP contribution in [-0.2, 0) is 52.4 Å². The van der Waals surface area contributed by atoms with Crippen LogP contribution in [0.2, 0.25) is 0 Å². The van der Waals surface area contributed by atoms with Crippen molar-refractivity contribution in [3.63, 3.8) is 0 Å². The highest BCUT2D eigenvalue weighted by molar-refractivity contribution is 6.08. The van der Waals surface area contributed by atoms with Crippen LogP contribution >= 0.6 is 0 Å². The summed E-state index contributed by atoms with van der Waals surface area (Å²) in [5.41, 5.74) is 14.4. The number of nitrogens with one attached hydrogen (secondary N) is 2. The molecule has 2 N–H and O–H groups in total. The Balaban J connectivity index is 0.826. The lowest BCUT2D eigenvalue weighted by Gasteiger charge is -2.05. The number of aromatic amines is 2. The molecule has 4 aromatic carbocycles. The van der Waals surface area contributed by atoms with E-state index in [1.807, 2.05) is 24.3 Å². The van der Waals surface area contributed by atoms with Crippen LogP contribution in [0.1, 0.15) is 0 Å². The zero-order chi connectivity index (χ0) is 63.7. The number of hydrogen-bond acceptors (Lipinski definition) is 6. The fourth-order valence-corrected chi connectivity index (χ4v) is 13.0. The van der Waals surface area contributed by atoms with Gasteiger partial charge >= 0.3 is 0 Å². The van der Waals surface area contributed by atoms with Crippen molar-refractivity contribution in [1.29, 1.82) is 0 Å². The summed E-state index contributed by atoms with van der Waals surface area (Å²) in [6, 6.07) is 68.1. The number of benzene rings is 4. The van der Waals surface area contributed by atoms with Gasteiger partial charge in [-0.3, -0.25) is 0 Å². The molecule has 0 amide bonds. The number of pyridine rings is 8. The van der Waals surface area contributed by atoms with Crippen LogP contribution < -0.4 is 36.5 Å². The monoisotopic (exact) mass is 1250 g/mol. The largest absolute Gasteiger partial charge is 0.324 e. The fraction of sp³-hybridized carbons (Fsp3) is 0.100. The molecule has 16 nitrogen and oxygen atoms in total. The lowest BCUT2D eigenvalue weighted by molar-refractivity contribution is -0.778. The summed E-state index contributed by atoms with van der Waals surface area (Å²) in [6.07, 6.45) is 34.0. The van der Waals surface area contributed by atoms with Gasteiger partial charge in [-0.15, -0.1) is 0 Å². The maximum absolute atomic E-state index is 5.53. The normalized spacial score (nSPS) is 11.7. The standard InChI is InChI=1S/C80H65N16/c1-5-29-89(30-6-1)45-49-93-37-21-57(22-38-93)61-13-17-65-69(53-61)77-81-73(65)86-78-71-55-63(59-25-41-95(42-26-59)51-47-91-33-9-3-10-34-91)15-19-67(71)75(83-78)88-80-72-56-64(60-27-43-96(44-28-60)52-48-92-35-11-4-12-36-92)16-20-68(72)76(84-80)87-79-70-54-62(14-18-66(70)74(82-79)85-77)58-23-39-94(40-24-58)50-46-90-31-7-2-8-32-90/h1-44,53-56H,45-52H2,(H,81,82,83,84,85,86,87,88)/q+7/p+1. The van der Waals surface area contributed by atoms with Gasteiger partial charge in [-0.05, 0) is 93.0 Å². The van der Waals surface area contributed by atoms with Crippen LogP contribution in [0.4, 0.5) is 0 Å². The summed E-state index contributed by atoms with van der Waals surface area (Å²) in [7, 11) is 0. The Morgan fingerprint density at radius 1 is 0.198 bits per heavy atom. The lowest BCUT2D eigenvalue weighted by atomic mass is 10.00. The molecule has 0 unspecified atom stereocenters. The van der Waals surface area contributed by atoms with Crippen molar-refractivity contribution >= 4 is 44.1 Å². The summed E-state index contributed by atoms with van der Waals surface area (Å²) in [5, 5.41) is 3.56. The molecule has 0 radical (unpaired) electrons. The molecule has 2 aliphatic rings.